The Balaban J connectivity index is 2.32. The van der Waals surface area contributed by atoms with Crippen molar-refractivity contribution in [3.63, 3.8) is 0 Å². The Labute approximate surface area is 102 Å². The highest BCUT2D eigenvalue weighted by atomic mass is 16.4. The van der Waals surface area contributed by atoms with Crippen molar-refractivity contribution in [3.05, 3.63) is 17.8 Å². The molecule has 0 spiro atoms. The lowest BCUT2D eigenvalue weighted by molar-refractivity contribution is -0.122. The second-order valence-corrected chi connectivity index (χ2v) is 4.04. The average molecular weight is 239 g/mol. The molecule has 0 saturated carbocycles. The fourth-order valence-electron chi connectivity index (χ4n) is 1.44. The van der Waals surface area contributed by atoms with Crippen molar-refractivity contribution in [1.29, 1.82) is 0 Å². The van der Waals surface area contributed by atoms with Crippen LogP contribution in [0.1, 0.15) is 44.8 Å². The summed E-state index contributed by atoms with van der Waals surface area (Å²) in [6.45, 7) is 4.37. The molecule has 1 heterocycles. The molecular weight excluding hydrogens is 218 g/mol. The van der Waals surface area contributed by atoms with Gasteiger partial charge in [-0.2, -0.15) is 0 Å². The third-order valence-corrected chi connectivity index (χ3v) is 2.57. The van der Waals surface area contributed by atoms with Crippen molar-refractivity contribution in [2.24, 2.45) is 5.73 Å². The topological polar surface area (TPSA) is 81.2 Å². The lowest BCUT2D eigenvalue weighted by Gasteiger charge is -2.10. The van der Waals surface area contributed by atoms with Gasteiger partial charge >= 0.3 is 0 Å². The predicted octanol–water partition coefficient (Wildman–Crippen LogP) is 1.37. The highest BCUT2D eigenvalue weighted by molar-refractivity contribution is 5.81. The molecule has 1 aromatic rings. The van der Waals surface area contributed by atoms with Crippen molar-refractivity contribution < 1.29 is 9.21 Å². The van der Waals surface area contributed by atoms with Crippen LogP contribution in [0, 0.1) is 0 Å². The van der Waals surface area contributed by atoms with Crippen LogP contribution in [0.25, 0.3) is 0 Å². The summed E-state index contributed by atoms with van der Waals surface area (Å²) in [6.07, 6.45) is 5.21. The highest BCUT2D eigenvalue weighted by Crippen LogP contribution is 2.04. The monoisotopic (exact) mass is 239 g/mol. The van der Waals surface area contributed by atoms with Gasteiger partial charge in [0.1, 0.15) is 5.76 Å². The number of amides is 1. The summed E-state index contributed by atoms with van der Waals surface area (Å²) in [5, 5.41) is 2.72. The maximum atomic E-state index is 11.6. The Bertz CT molecular complexity index is 349. The fraction of sp³-hybridized carbons (Fsp3) is 0.667. The standard InChI is InChI=1S/C12H21N3O2/c1-3-5-6-10(13)12(16)15-8-11-14-7-9(4-2)17-11/h7,10H,3-6,8,13H2,1-2H3,(H,15,16). The number of nitrogens with zero attached hydrogens (tertiary/aromatic N) is 1. The number of carbonyl (C=O) groups excluding carboxylic acids is 1. The first-order chi connectivity index (χ1) is 8.17. The van der Waals surface area contributed by atoms with Gasteiger partial charge in [0, 0.05) is 6.42 Å². The van der Waals surface area contributed by atoms with E-state index in [0.29, 0.717) is 18.9 Å². The molecule has 1 amide bonds. The van der Waals surface area contributed by atoms with E-state index in [0.717, 1.165) is 25.0 Å². The Morgan fingerprint density at radius 3 is 2.94 bits per heavy atom. The van der Waals surface area contributed by atoms with E-state index < -0.39 is 6.04 Å². The third kappa shape index (κ3) is 4.56. The normalized spacial score (nSPS) is 12.4. The minimum Gasteiger partial charge on any atom is -0.444 e. The van der Waals surface area contributed by atoms with Crippen molar-refractivity contribution in [2.75, 3.05) is 0 Å². The van der Waals surface area contributed by atoms with Gasteiger partial charge < -0.3 is 15.5 Å². The number of aryl methyl sites for hydroxylation is 1. The van der Waals surface area contributed by atoms with Gasteiger partial charge in [0.05, 0.1) is 18.8 Å². The van der Waals surface area contributed by atoms with Crippen LogP contribution in [0.2, 0.25) is 0 Å². The number of unbranched alkanes of at least 4 members (excludes halogenated alkanes) is 1. The van der Waals surface area contributed by atoms with Crippen LogP contribution in [0.15, 0.2) is 10.6 Å². The molecule has 0 aliphatic carbocycles. The van der Waals surface area contributed by atoms with Gasteiger partial charge in [0.2, 0.25) is 11.8 Å². The molecule has 0 bridgehead atoms. The molecule has 1 aromatic heterocycles. The van der Waals surface area contributed by atoms with Gasteiger partial charge in [-0.05, 0) is 6.42 Å². The van der Waals surface area contributed by atoms with Gasteiger partial charge in [-0.25, -0.2) is 4.98 Å². The molecule has 0 aromatic carbocycles. The summed E-state index contributed by atoms with van der Waals surface area (Å²) < 4.78 is 5.38. The zero-order valence-electron chi connectivity index (χ0n) is 10.5. The van der Waals surface area contributed by atoms with E-state index in [4.69, 9.17) is 10.2 Å². The third-order valence-electron chi connectivity index (χ3n) is 2.57. The summed E-state index contributed by atoms with van der Waals surface area (Å²) in [5.41, 5.74) is 5.74. The zero-order chi connectivity index (χ0) is 12.7. The summed E-state index contributed by atoms with van der Waals surface area (Å²) >= 11 is 0. The molecule has 0 aliphatic rings. The van der Waals surface area contributed by atoms with Crippen LogP contribution >= 0.6 is 0 Å². The van der Waals surface area contributed by atoms with E-state index in [1.807, 2.05) is 6.92 Å². The predicted molar refractivity (Wildman–Crippen MR) is 65.2 cm³/mol. The van der Waals surface area contributed by atoms with Crippen LogP contribution in [-0.4, -0.2) is 16.9 Å². The van der Waals surface area contributed by atoms with Crippen LogP contribution in [0.4, 0.5) is 0 Å². The molecule has 1 rings (SSSR count). The first kappa shape index (κ1) is 13.7. The van der Waals surface area contributed by atoms with E-state index in [1.54, 1.807) is 6.20 Å². The highest BCUT2D eigenvalue weighted by Gasteiger charge is 2.13. The Morgan fingerprint density at radius 1 is 1.59 bits per heavy atom. The van der Waals surface area contributed by atoms with Crippen molar-refractivity contribution >= 4 is 5.91 Å². The van der Waals surface area contributed by atoms with Gasteiger partial charge in [-0.1, -0.05) is 26.7 Å². The van der Waals surface area contributed by atoms with Crippen LogP contribution in [0.5, 0.6) is 0 Å². The van der Waals surface area contributed by atoms with Crippen LogP contribution in [-0.2, 0) is 17.8 Å². The first-order valence-electron chi connectivity index (χ1n) is 6.14. The maximum absolute atomic E-state index is 11.6. The zero-order valence-corrected chi connectivity index (χ0v) is 10.5. The smallest absolute Gasteiger partial charge is 0.237 e. The molecule has 3 N–H and O–H groups in total. The van der Waals surface area contributed by atoms with E-state index >= 15 is 0 Å². The molecule has 0 fully saturated rings. The van der Waals surface area contributed by atoms with Crippen LogP contribution < -0.4 is 11.1 Å². The molecule has 0 saturated heterocycles. The summed E-state index contributed by atoms with van der Waals surface area (Å²) in [7, 11) is 0. The molecule has 5 heteroatoms. The molecule has 0 aliphatic heterocycles. The lowest BCUT2D eigenvalue weighted by atomic mass is 10.1. The van der Waals surface area contributed by atoms with E-state index in [2.05, 4.69) is 17.2 Å². The second kappa shape index (κ2) is 7.06. The van der Waals surface area contributed by atoms with Gasteiger partial charge in [-0.3, -0.25) is 4.79 Å². The second-order valence-electron chi connectivity index (χ2n) is 4.04. The number of aromatic nitrogens is 1. The Morgan fingerprint density at radius 2 is 2.35 bits per heavy atom. The number of nitrogens with two attached hydrogens (primary N) is 1. The van der Waals surface area contributed by atoms with E-state index in [-0.39, 0.29) is 5.91 Å². The molecule has 17 heavy (non-hydrogen) atoms. The quantitative estimate of drug-likeness (QED) is 0.753. The maximum Gasteiger partial charge on any atom is 0.237 e. The summed E-state index contributed by atoms with van der Waals surface area (Å²) in [5.74, 6) is 1.21. The molecule has 1 unspecified atom stereocenters. The van der Waals surface area contributed by atoms with Gasteiger partial charge in [-0.15, -0.1) is 0 Å². The van der Waals surface area contributed by atoms with E-state index in [1.165, 1.54) is 0 Å². The summed E-state index contributed by atoms with van der Waals surface area (Å²) in [4.78, 5) is 15.7. The van der Waals surface area contributed by atoms with Gasteiger partial charge in [0.25, 0.3) is 0 Å². The van der Waals surface area contributed by atoms with Crippen molar-refractivity contribution in [2.45, 2.75) is 52.1 Å². The van der Waals surface area contributed by atoms with Crippen molar-refractivity contribution in [1.82, 2.24) is 10.3 Å². The van der Waals surface area contributed by atoms with Crippen LogP contribution in [0.3, 0.4) is 0 Å². The number of carbonyl (C=O) groups is 1. The largest absolute Gasteiger partial charge is 0.444 e. The fourth-order valence-corrected chi connectivity index (χ4v) is 1.44. The molecule has 0 radical (unpaired) electrons. The Kier molecular flexibility index (Phi) is 5.69. The molecule has 5 nitrogen and oxygen atoms in total. The molecule has 1 atom stereocenters. The SMILES string of the molecule is CCCCC(N)C(=O)NCc1ncc(CC)o1. The van der Waals surface area contributed by atoms with Gasteiger partial charge in [0.15, 0.2) is 0 Å². The Hall–Kier alpha value is -1.36. The average Bonchev–Trinajstić information content (AvgIpc) is 2.80. The number of rotatable bonds is 7. The summed E-state index contributed by atoms with van der Waals surface area (Å²) in [6, 6.07) is -0.435. The lowest BCUT2D eigenvalue weighted by Crippen LogP contribution is -2.40. The minimum atomic E-state index is -0.435. The number of nitrogens with one attached hydrogen (secondary N) is 1. The van der Waals surface area contributed by atoms with Crippen molar-refractivity contribution in [3.8, 4) is 0 Å². The van der Waals surface area contributed by atoms with E-state index in [9.17, 15) is 4.79 Å². The molecule has 96 valence electrons. The number of hydrogen-bond donors (Lipinski definition) is 2. The minimum absolute atomic E-state index is 0.144. The number of oxazole rings is 1. The first-order valence-corrected chi connectivity index (χ1v) is 6.14. The molecular formula is C12H21N3O2. The number of hydrogen-bond acceptors (Lipinski definition) is 4.